The minimum atomic E-state index is -3.30. The molecule has 2 aliphatic rings. The van der Waals surface area contributed by atoms with Crippen LogP contribution in [0.2, 0.25) is 10.0 Å². The normalized spacial score (nSPS) is 26.5. The van der Waals surface area contributed by atoms with Gasteiger partial charge in [-0.2, -0.15) is 0 Å². The second-order valence-electron chi connectivity index (χ2n) is 8.71. The Labute approximate surface area is 198 Å². The van der Waals surface area contributed by atoms with Gasteiger partial charge in [0.05, 0.1) is 4.90 Å². The number of alkyl halides is 1. The molecule has 5 atom stereocenters. The Morgan fingerprint density at radius 3 is 2.62 bits per heavy atom. The van der Waals surface area contributed by atoms with Crippen LogP contribution in [0.1, 0.15) is 30.1 Å². The summed E-state index contributed by atoms with van der Waals surface area (Å²) in [7, 11) is -3.30. The van der Waals surface area contributed by atoms with Gasteiger partial charge >= 0.3 is 0 Å². The van der Waals surface area contributed by atoms with Crippen LogP contribution in [0.5, 0.6) is 5.75 Å². The third kappa shape index (κ3) is 4.77. The number of rotatable bonds is 6. The molecule has 4 rings (SSSR count). The highest BCUT2D eigenvalue weighted by Crippen LogP contribution is 2.47. The second kappa shape index (κ2) is 9.47. The minimum Gasteiger partial charge on any atom is -0.485 e. The first kappa shape index (κ1) is 23.8. The number of hydrogen-bond donors (Lipinski definition) is 2. The molecule has 0 amide bonds. The number of nitrogens with two attached hydrogens (primary N) is 1. The van der Waals surface area contributed by atoms with Gasteiger partial charge in [0, 0.05) is 34.3 Å². The van der Waals surface area contributed by atoms with Crippen molar-refractivity contribution < 1.29 is 17.5 Å². The van der Waals surface area contributed by atoms with Crippen LogP contribution in [0.4, 0.5) is 4.39 Å². The van der Waals surface area contributed by atoms with E-state index in [2.05, 4.69) is 5.32 Å². The first-order chi connectivity index (χ1) is 15.2. The Balaban J connectivity index is 1.70. The van der Waals surface area contributed by atoms with E-state index >= 15 is 0 Å². The molecule has 1 aliphatic heterocycles. The zero-order valence-electron chi connectivity index (χ0n) is 17.7. The highest BCUT2D eigenvalue weighted by molar-refractivity contribution is 7.90. The van der Waals surface area contributed by atoms with Gasteiger partial charge < -0.3 is 15.8 Å². The molecule has 1 heterocycles. The van der Waals surface area contributed by atoms with E-state index in [1.165, 1.54) is 18.4 Å². The van der Waals surface area contributed by atoms with Gasteiger partial charge in [-0.1, -0.05) is 23.2 Å². The monoisotopic (exact) mass is 500 g/mol. The van der Waals surface area contributed by atoms with Gasteiger partial charge in [0.25, 0.3) is 0 Å². The number of hydrogen-bond acceptors (Lipinski definition) is 5. The number of nitrogens with one attached hydrogen (secondary N) is 1. The van der Waals surface area contributed by atoms with Gasteiger partial charge in [0.15, 0.2) is 9.84 Å². The van der Waals surface area contributed by atoms with E-state index in [9.17, 15) is 12.8 Å². The van der Waals surface area contributed by atoms with Crippen molar-refractivity contribution in [3.63, 3.8) is 0 Å². The molecular weight excluding hydrogens is 474 g/mol. The molecule has 9 heteroatoms. The first-order valence-electron chi connectivity index (χ1n) is 10.7. The van der Waals surface area contributed by atoms with Gasteiger partial charge in [-0.15, -0.1) is 0 Å². The highest BCUT2D eigenvalue weighted by Gasteiger charge is 2.45. The van der Waals surface area contributed by atoms with E-state index in [4.69, 9.17) is 33.7 Å². The fourth-order valence-electron chi connectivity index (χ4n) is 5.05. The van der Waals surface area contributed by atoms with Crippen LogP contribution in [-0.4, -0.2) is 40.0 Å². The molecule has 32 heavy (non-hydrogen) atoms. The Morgan fingerprint density at radius 1 is 1.25 bits per heavy atom. The lowest BCUT2D eigenvalue weighted by molar-refractivity contribution is 0.0769. The van der Waals surface area contributed by atoms with Crippen molar-refractivity contribution in [2.75, 3.05) is 19.5 Å². The molecule has 1 aliphatic carbocycles. The molecule has 0 radical (unpaired) electrons. The Bertz CT molecular complexity index is 1080. The summed E-state index contributed by atoms with van der Waals surface area (Å²) in [6.07, 6.45) is 3.23. The average Bonchev–Trinajstić information content (AvgIpc) is 3.11. The van der Waals surface area contributed by atoms with Crippen LogP contribution in [-0.2, 0) is 16.3 Å². The average molecular weight is 501 g/mol. The molecule has 2 aromatic carbocycles. The Morgan fingerprint density at radius 2 is 1.97 bits per heavy atom. The van der Waals surface area contributed by atoms with Crippen LogP contribution in [0.25, 0.3) is 0 Å². The maximum absolute atomic E-state index is 13.5. The van der Waals surface area contributed by atoms with Crippen molar-refractivity contribution >= 4 is 33.0 Å². The summed E-state index contributed by atoms with van der Waals surface area (Å²) in [5.41, 5.74) is 8.03. The van der Waals surface area contributed by atoms with Crippen molar-refractivity contribution in [3.05, 3.63) is 57.6 Å². The molecule has 1 fully saturated rings. The molecule has 174 valence electrons. The maximum atomic E-state index is 13.5. The number of ether oxygens (including phenoxy) is 1. The SMILES string of the molecule is CS(=O)(=O)c1ccc(O[C@@H]2c3cc(Cl)cc(Cl)c3C[C@H]2[C@@H]2NCCCC2C(N)CF)cc1. The van der Waals surface area contributed by atoms with E-state index in [1.807, 2.05) is 6.07 Å². The number of piperidine rings is 1. The zero-order valence-corrected chi connectivity index (χ0v) is 20.1. The number of sulfone groups is 1. The van der Waals surface area contributed by atoms with Crippen LogP contribution < -0.4 is 15.8 Å². The molecule has 0 saturated carbocycles. The van der Waals surface area contributed by atoms with Crippen molar-refractivity contribution in [1.82, 2.24) is 5.32 Å². The zero-order chi connectivity index (χ0) is 23.0. The molecule has 0 spiro atoms. The van der Waals surface area contributed by atoms with Crippen molar-refractivity contribution in [2.45, 2.75) is 42.3 Å². The van der Waals surface area contributed by atoms with E-state index in [-0.39, 0.29) is 28.9 Å². The van der Waals surface area contributed by atoms with Gasteiger partial charge in [-0.25, -0.2) is 12.8 Å². The highest BCUT2D eigenvalue weighted by atomic mass is 35.5. The fourth-order valence-corrected chi connectivity index (χ4v) is 6.26. The smallest absolute Gasteiger partial charge is 0.175 e. The van der Waals surface area contributed by atoms with Crippen LogP contribution in [0.15, 0.2) is 41.3 Å². The summed E-state index contributed by atoms with van der Waals surface area (Å²) < 4.78 is 43.5. The predicted octanol–water partition coefficient (Wildman–Crippen LogP) is 4.35. The predicted molar refractivity (Wildman–Crippen MR) is 125 cm³/mol. The van der Waals surface area contributed by atoms with E-state index < -0.39 is 22.6 Å². The fraction of sp³-hybridized carbons (Fsp3) is 0.478. The lowest BCUT2D eigenvalue weighted by Crippen LogP contribution is -2.54. The number of fused-ring (bicyclic) bond motifs is 1. The van der Waals surface area contributed by atoms with Crippen molar-refractivity contribution in [3.8, 4) is 5.75 Å². The Kier molecular flexibility index (Phi) is 7.03. The lowest BCUT2D eigenvalue weighted by atomic mass is 9.77. The molecule has 2 unspecified atom stereocenters. The second-order valence-corrected chi connectivity index (χ2v) is 11.6. The standard InChI is InChI=1S/C23H27Cl2FN2O3S/c1-32(29,30)15-6-4-14(5-7-15)31-23-18-9-13(24)10-20(25)17(18)11-19(23)22-16(21(27)12-26)3-2-8-28-22/h4-7,9-10,16,19,21-23,28H,2-3,8,11-12,27H2,1H3/t16?,19-,21?,22+,23+/m0/s1. The Hall–Kier alpha value is -1.38. The summed E-state index contributed by atoms with van der Waals surface area (Å²) in [6, 6.07) is 9.35. The summed E-state index contributed by atoms with van der Waals surface area (Å²) >= 11 is 12.8. The quantitative estimate of drug-likeness (QED) is 0.615. The van der Waals surface area contributed by atoms with Gasteiger partial charge in [-0.3, -0.25) is 0 Å². The minimum absolute atomic E-state index is 0.0268. The summed E-state index contributed by atoms with van der Waals surface area (Å²) in [5, 5.41) is 4.66. The van der Waals surface area contributed by atoms with Crippen LogP contribution in [0.3, 0.4) is 0 Å². The lowest BCUT2D eigenvalue weighted by Gasteiger charge is -2.41. The molecule has 1 saturated heterocycles. The number of benzene rings is 2. The van der Waals surface area contributed by atoms with Gasteiger partial charge in [-0.05, 0) is 79.3 Å². The number of halogens is 3. The first-order valence-corrected chi connectivity index (χ1v) is 13.3. The van der Waals surface area contributed by atoms with E-state index in [1.54, 1.807) is 18.2 Å². The largest absolute Gasteiger partial charge is 0.485 e. The molecule has 0 bridgehead atoms. The molecule has 0 aromatic heterocycles. The van der Waals surface area contributed by atoms with Crippen LogP contribution >= 0.6 is 23.2 Å². The molecule has 2 aromatic rings. The van der Waals surface area contributed by atoms with E-state index in [0.29, 0.717) is 22.2 Å². The molecule has 5 nitrogen and oxygen atoms in total. The van der Waals surface area contributed by atoms with Gasteiger partial charge in [0.2, 0.25) is 0 Å². The summed E-state index contributed by atoms with van der Waals surface area (Å²) in [6.45, 7) is 0.255. The van der Waals surface area contributed by atoms with Gasteiger partial charge in [0.1, 0.15) is 18.5 Å². The maximum Gasteiger partial charge on any atom is 0.175 e. The molecular formula is C23H27Cl2FN2O3S. The third-order valence-corrected chi connectivity index (χ3v) is 8.27. The summed E-state index contributed by atoms with van der Waals surface area (Å²) in [4.78, 5) is 0.224. The van der Waals surface area contributed by atoms with E-state index in [0.717, 1.165) is 30.5 Å². The van der Waals surface area contributed by atoms with Crippen LogP contribution in [0, 0.1) is 11.8 Å². The topological polar surface area (TPSA) is 81.4 Å². The summed E-state index contributed by atoms with van der Waals surface area (Å²) in [5.74, 6) is 0.484. The third-order valence-electron chi connectivity index (χ3n) is 6.59. The van der Waals surface area contributed by atoms with Crippen molar-refractivity contribution in [2.24, 2.45) is 17.6 Å². The molecule has 3 N–H and O–H groups in total. The van der Waals surface area contributed by atoms with Crippen molar-refractivity contribution in [1.29, 1.82) is 0 Å².